The summed E-state index contributed by atoms with van der Waals surface area (Å²) < 4.78 is 4.78. The van der Waals surface area contributed by atoms with Crippen molar-refractivity contribution in [1.82, 2.24) is 0 Å². The van der Waals surface area contributed by atoms with Gasteiger partial charge in [0.1, 0.15) is 6.61 Å². The Kier molecular flexibility index (Phi) is 3.66. The summed E-state index contributed by atoms with van der Waals surface area (Å²) in [5.41, 5.74) is 0. The van der Waals surface area contributed by atoms with Gasteiger partial charge in [-0.25, -0.2) is 4.79 Å². The standard InChI is InChI=1S/C10H17NO3/c1-3-4-10(12)14-8-9-5-6-11(2,13)7-9/h3-4,9H,5-8H2,1-2H3/b4-3+. The van der Waals surface area contributed by atoms with Gasteiger partial charge in [-0.2, -0.15) is 0 Å². The van der Waals surface area contributed by atoms with Crippen molar-refractivity contribution in [2.24, 2.45) is 5.92 Å². The molecule has 1 aliphatic rings. The van der Waals surface area contributed by atoms with Gasteiger partial charge in [-0.15, -0.1) is 0 Å². The Morgan fingerprint density at radius 1 is 1.71 bits per heavy atom. The van der Waals surface area contributed by atoms with E-state index in [9.17, 15) is 10.0 Å². The quantitative estimate of drug-likeness (QED) is 0.295. The van der Waals surface area contributed by atoms with E-state index in [-0.39, 0.29) is 16.5 Å². The highest BCUT2D eigenvalue weighted by Gasteiger charge is 2.28. The zero-order chi connectivity index (χ0) is 10.6. The van der Waals surface area contributed by atoms with Crippen LogP contribution in [0, 0.1) is 11.1 Å². The number of allylic oxidation sites excluding steroid dienone is 1. The SMILES string of the molecule is C/C=C/C(=O)OCC1CC[N+](C)([O-])C1. The van der Waals surface area contributed by atoms with Gasteiger partial charge in [-0.3, -0.25) is 0 Å². The second kappa shape index (κ2) is 4.57. The molecule has 0 amide bonds. The Hall–Kier alpha value is -0.870. The topological polar surface area (TPSA) is 49.4 Å². The minimum absolute atomic E-state index is 0.203. The van der Waals surface area contributed by atoms with Gasteiger partial charge in [0.15, 0.2) is 0 Å². The van der Waals surface area contributed by atoms with E-state index in [1.54, 1.807) is 20.0 Å². The van der Waals surface area contributed by atoms with Crippen molar-refractivity contribution in [2.45, 2.75) is 13.3 Å². The number of quaternary nitrogens is 1. The van der Waals surface area contributed by atoms with Crippen LogP contribution in [0.4, 0.5) is 0 Å². The Morgan fingerprint density at radius 3 is 2.93 bits per heavy atom. The van der Waals surface area contributed by atoms with E-state index in [0.717, 1.165) is 6.42 Å². The first-order valence-electron chi connectivity index (χ1n) is 4.88. The molecular weight excluding hydrogens is 182 g/mol. The molecule has 14 heavy (non-hydrogen) atoms. The summed E-state index contributed by atoms with van der Waals surface area (Å²) in [4.78, 5) is 11.0. The summed E-state index contributed by atoms with van der Waals surface area (Å²) in [7, 11) is 1.66. The highest BCUT2D eigenvalue weighted by molar-refractivity contribution is 5.81. The van der Waals surface area contributed by atoms with E-state index in [4.69, 9.17) is 4.74 Å². The van der Waals surface area contributed by atoms with Crippen LogP contribution in [0.1, 0.15) is 13.3 Å². The van der Waals surface area contributed by atoms with Crippen LogP contribution >= 0.6 is 0 Å². The summed E-state index contributed by atoms with van der Waals surface area (Å²) in [5.74, 6) is -0.0915. The Morgan fingerprint density at radius 2 is 2.43 bits per heavy atom. The monoisotopic (exact) mass is 199 g/mol. The van der Waals surface area contributed by atoms with E-state index in [0.29, 0.717) is 19.7 Å². The van der Waals surface area contributed by atoms with Gasteiger partial charge in [0, 0.05) is 18.4 Å². The van der Waals surface area contributed by atoms with Crippen molar-refractivity contribution < 1.29 is 14.2 Å². The second-order valence-corrected chi connectivity index (χ2v) is 3.99. The smallest absolute Gasteiger partial charge is 0.330 e. The number of rotatable bonds is 3. The van der Waals surface area contributed by atoms with Gasteiger partial charge in [0.2, 0.25) is 0 Å². The molecule has 0 spiro atoms. The summed E-state index contributed by atoms with van der Waals surface area (Å²) in [5, 5.41) is 11.5. The fraction of sp³-hybridized carbons (Fsp3) is 0.700. The molecule has 4 nitrogen and oxygen atoms in total. The van der Waals surface area contributed by atoms with Gasteiger partial charge in [-0.05, 0) is 6.92 Å². The van der Waals surface area contributed by atoms with Crippen molar-refractivity contribution in [3.63, 3.8) is 0 Å². The molecule has 0 radical (unpaired) electrons. The predicted molar refractivity (Wildman–Crippen MR) is 53.2 cm³/mol. The molecule has 1 aliphatic heterocycles. The van der Waals surface area contributed by atoms with Crippen LogP contribution < -0.4 is 0 Å². The van der Waals surface area contributed by atoms with Crippen molar-refractivity contribution in [1.29, 1.82) is 0 Å². The van der Waals surface area contributed by atoms with Gasteiger partial charge in [0.25, 0.3) is 0 Å². The van der Waals surface area contributed by atoms with E-state index in [2.05, 4.69) is 0 Å². The van der Waals surface area contributed by atoms with Crippen molar-refractivity contribution in [3.05, 3.63) is 17.4 Å². The highest BCUT2D eigenvalue weighted by Crippen LogP contribution is 2.21. The van der Waals surface area contributed by atoms with Crippen LogP contribution in [0.5, 0.6) is 0 Å². The highest BCUT2D eigenvalue weighted by atomic mass is 16.5. The number of hydrogen-bond donors (Lipinski definition) is 0. The van der Waals surface area contributed by atoms with Crippen molar-refractivity contribution in [3.8, 4) is 0 Å². The van der Waals surface area contributed by atoms with Gasteiger partial charge < -0.3 is 14.6 Å². The molecular formula is C10H17NO3. The zero-order valence-electron chi connectivity index (χ0n) is 8.73. The molecule has 0 aromatic rings. The third-order valence-electron chi connectivity index (χ3n) is 2.42. The van der Waals surface area contributed by atoms with Crippen LogP contribution in [-0.2, 0) is 9.53 Å². The number of hydrogen-bond acceptors (Lipinski definition) is 3. The fourth-order valence-electron chi connectivity index (χ4n) is 1.70. The molecule has 0 aliphatic carbocycles. The first kappa shape index (κ1) is 11.2. The molecule has 1 rings (SSSR count). The first-order valence-corrected chi connectivity index (χ1v) is 4.88. The summed E-state index contributed by atoms with van der Waals surface area (Å²) in [6.07, 6.45) is 3.88. The molecule has 0 N–H and O–H groups in total. The lowest BCUT2D eigenvalue weighted by Crippen LogP contribution is -2.34. The van der Waals surface area contributed by atoms with E-state index in [1.807, 2.05) is 0 Å². The lowest BCUT2D eigenvalue weighted by Gasteiger charge is -2.33. The summed E-state index contributed by atoms with van der Waals surface area (Å²) >= 11 is 0. The number of ether oxygens (including phenoxy) is 1. The lowest BCUT2D eigenvalue weighted by atomic mass is 10.1. The predicted octanol–water partition coefficient (Wildman–Crippen LogP) is 1.07. The molecule has 1 fully saturated rings. The van der Waals surface area contributed by atoms with Crippen molar-refractivity contribution >= 4 is 5.97 Å². The number of carbonyl (C=O) groups is 1. The molecule has 0 saturated carbocycles. The number of carbonyl (C=O) groups excluding carboxylic acids is 1. The second-order valence-electron chi connectivity index (χ2n) is 3.99. The van der Waals surface area contributed by atoms with E-state index >= 15 is 0 Å². The summed E-state index contributed by atoms with van der Waals surface area (Å²) in [6, 6.07) is 0. The van der Waals surface area contributed by atoms with Crippen LogP contribution in [0.15, 0.2) is 12.2 Å². The maximum absolute atomic E-state index is 11.5. The van der Waals surface area contributed by atoms with Gasteiger partial charge in [0.05, 0.1) is 20.1 Å². The number of likely N-dealkylation sites (tertiary alicyclic amines) is 1. The molecule has 80 valence electrons. The molecule has 0 aromatic carbocycles. The maximum Gasteiger partial charge on any atom is 0.330 e. The normalized spacial score (nSPS) is 32.4. The molecule has 4 heteroatoms. The van der Waals surface area contributed by atoms with Crippen LogP contribution in [0.2, 0.25) is 0 Å². The molecule has 2 unspecified atom stereocenters. The van der Waals surface area contributed by atoms with E-state index in [1.165, 1.54) is 6.08 Å². The minimum Gasteiger partial charge on any atom is -0.633 e. The molecule has 2 atom stereocenters. The molecule has 1 saturated heterocycles. The third-order valence-corrected chi connectivity index (χ3v) is 2.42. The van der Waals surface area contributed by atoms with Crippen LogP contribution in [0.3, 0.4) is 0 Å². The number of hydroxylamine groups is 3. The number of nitrogens with zero attached hydrogens (tertiary/aromatic N) is 1. The van der Waals surface area contributed by atoms with Crippen LogP contribution in [-0.4, -0.2) is 37.4 Å². The first-order chi connectivity index (χ1) is 6.53. The summed E-state index contributed by atoms with van der Waals surface area (Å²) in [6.45, 7) is 3.33. The largest absolute Gasteiger partial charge is 0.633 e. The van der Waals surface area contributed by atoms with Crippen molar-refractivity contribution in [2.75, 3.05) is 26.7 Å². The number of esters is 1. The van der Waals surface area contributed by atoms with Gasteiger partial charge in [-0.1, -0.05) is 6.08 Å². The minimum atomic E-state index is -0.320. The van der Waals surface area contributed by atoms with Crippen LogP contribution in [0.25, 0.3) is 0 Å². The van der Waals surface area contributed by atoms with Gasteiger partial charge >= 0.3 is 5.97 Å². The Bertz CT molecular complexity index is 236. The molecule has 0 aromatic heterocycles. The average Bonchev–Trinajstić information content (AvgIpc) is 2.43. The third kappa shape index (κ3) is 3.47. The molecule has 1 heterocycles. The van der Waals surface area contributed by atoms with E-state index < -0.39 is 0 Å². The molecule has 0 bridgehead atoms. The maximum atomic E-state index is 11.5. The fourth-order valence-corrected chi connectivity index (χ4v) is 1.70. The zero-order valence-corrected chi connectivity index (χ0v) is 8.73. The average molecular weight is 199 g/mol. The Labute approximate surface area is 84.3 Å². The lowest BCUT2D eigenvalue weighted by molar-refractivity contribution is -0.849. The Balaban J connectivity index is 2.24.